The standard InChI is InChI=1S/C9H12.C7H8.C6H5F.Pa/c1-8(2)9-6-4-3-5-7-9;1-7-5-3-2-4-6-7;7-6-4-2-1-3-5-6;/h3-8H,1-2H3;2-6H,1H3;1-5H;. The molecule has 0 heterocycles. The first-order valence-electron chi connectivity index (χ1n) is 7.86. The first kappa shape index (κ1) is 22.7. The van der Waals surface area contributed by atoms with Crippen LogP contribution >= 0.6 is 0 Å². The minimum Gasteiger partial charge on any atom is -0.207 e. The van der Waals surface area contributed by atoms with Crippen molar-refractivity contribution in [3.8, 4) is 0 Å². The average Bonchev–Trinajstić information content (AvgIpc) is 2.58. The van der Waals surface area contributed by atoms with Crippen LogP contribution in [0.4, 0.5) is 4.39 Å². The first-order chi connectivity index (χ1) is 11.1. The molecule has 0 aromatic heterocycles. The van der Waals surface area contributed by atoms with E-state index in [9.17, 15) is 4.39 Å². The Balaban J connectivity index is 0.000000327. The fourth-order valence-corrected chi connectivity index (χ4v) is 1.79. The van der Waals surface area contributed by atoms with Crippen LogP contribution in [0.25, 0.3) is 0 Å². The van der Waals surface area contributed by atoms with Gasteiger partial charge in [-0.15, -0.1) is 0 Å². The zero-order chi connectivity index (χ0) is 16.9. The molecule has 0 saturated carbocycles. The molecule has 0 fully saturated rings. The van der Waals surface area contributed by atoms with Crippen LogP contribution in [0.3, 0.4) is 0 Å². The number of halogens is 1. The molecule has 3 aromatic rings. The molecule has 0 spiro atoms. The van der Waals surface area contributed by atoms with Crippen molar-refractivity contribution in [2.45, 2.75) is 26.7 Å². The number of hydrogen-bond donors (Lipinski definition) is 0. The van der Waals surface area contributed by atoms with Gasteiger partial charge in [-0.05, 0) is 30.5 Å². The molecule has 0 nitrogen and oxygen atoms in total. The van der Waals surface area contributed by atoms with E-state index in [-0.39, 0.29) is 38.1 Å². The van der Waals surface area contributed by atoms with E-state index in [1.54, 1.807) is 18.2 Å². The summed E-state index contributed by atoms with van der Waals surface area (Å²) in [5, 5.41) is 0. The van der Waals surface area contributed by atoms with Gasteiger partial charge in [-0.25, -0.2) is 4.39 Å². The SMILES string of the molecule is CC(C)c1ccccc1.Cc1ccccc1.Fc1ccccc1.[Pa]. The van der Waals surface area contributed by atoms with Crippen molar-refractivity contribution < 1.29 is 36.7 Å². The Labute approximate surface area is 170 Å². The summed E-state index contributed by atoms with van der Waals surface area (Å²) >= 11 is 0. The monoisotopic (exact) mass is 539 g/mol. The fraction of sp³-hybridized carbons (Fsp3) is 0.182. The zero-order valence-corrected chi connectivity index (χ0v) is 19.5. The van der Waals surface area contributed by atoms with E-state index in [4.69, 9.17) is 0 Å². The van der Waals surface area contributed by atoms with E-state index in [2.05, 4.69) is 57.2 Å². The van der Waals surface area contributed by atoms with Crippen molar-refractivity contribution in [3.05, 3.63) is 108 Å². The van der Waals surface area contributed by atoms with Crippen LogP contribution in [-0.2, 0) is 0 Å². The first-order valence-corrected chi connectivity index (χ1v) is 7.86. The molecule has 0 aliphatic rings. The van der Waals surface area contributed by atoms with Crippen LogP contribution in [-0.4, -0.2) is 0 Å². The molecule has 24 heavy (non-hydrogen) atoms. The van der Waals surface area contributed by atoms with E-state index in [0.29, 0.717) is 5.92 Å². The number of benzene rings is 3. The summed E-state index contributed by atoms with van der Waals surface area (Å²) in [6, 6.07) is 28.7. The van der Waals surface area contributed by atoms with E-state index in [1.807, 2.05) is 24.3 Å². The van der Waals surface area contributed by atoms with Crippen LogP contribution < -0.4 is 0 Å². The van der Waals surface area contributed by atoms with Crippen LogP contribution in [0.1, 0.15) is 30.9 Å². The normalized spacial score (nSPS) is 8.88. The van der Waals surface area contributed by atoms with Crippen molar-refractivity contribution in [2.75, 3.05) is 0 Å². The molecule has 123 valence electrons. The summed E-state index contributed by atoms with van der Waals surface area (Å²) in [5.74, 6) is 0.480. The van der Waals surface area contributed by atoms with Gasteiger partial charge in [-0.2, -0.15) is 0 Å². The molecule has 3 aromatic carbocycles. The van der Waals surface area contributed by atoms with Crippen molar-refractivity contribution in [1.29, 1.82) is 0 Å². The van der Waals surface area contributed by atoms with E-state index in [1.165, 1.54) is 23.3 Å². The minimum atomic E-state index is -0.178. The van der Waals surface area contributed by atoms with Gasteiger partial charge < -0.3 is 0 Å². The predicted octanol–water partition coefficient (Wildman–Crippen LogP) is 6.63. The molecular formula is C22H25FPa. The molecule has 2 heteroatoms. The third kappa shape index (κ3) is 11.3. The quantitative estimate of drug-likeness (QED) is 0.326. The molecule has 3 rings (SSSR count). The summed E-state index contributed by atoms with van der Waals surface area (Å²) in [5.41, 5.74) is 2.74. The Kier molecular flexibility index (Phi) is 13.3. The van der Waals surface area contributed by atoms with Crippen molar-refractivity contribution in [2.24, 2.45) is 0 Å². The Morgan fingerprint density at radius 2 is 1.00 bits per heavy atom. The topological polar surface area (TPSA) is 0 Å². The van der Waals surface area contributed by atoms with Gasteiger partial charge in [0.25, 0.3) is 0 Å². The summed E-state index contributed by atoms with van der Waals surface area (Å²) in [6.45, 7) is 6.49. The Morgan fingerprint density at radius 3 is 1.21 bits per heavy atom. The van der Waals surface area contributed by atoms with Gasteiger partial charge >= 0.3 is 0 Å². The van der Waals surface area contributed by atoms with Crippen molar-refractivity contribution in [3.63, 3.8) is 0 Å². The summed E-state index contributed by atoms with van der Waals surface area (Å²) in [4.78, 5) is 0. The van der Waals surface area contributed by atoms with Gasteiger partial charge in [-0.1, -0.05) is 98.3 Å². The molecule has 0 unspecified atom stereocenters. The number of aryl methyl sites for hydroxylation is 1. The average molecular weight is 539 g/mol. The number of hydrogen-bond acceptors (Lipinski definition) is 0. The van der Waals surface area contributed by atoms with Gasteiger partial charge in [0, 0.05) is 32.3 Å². The maximum absolute atomic E-state index is 11.9. The van der Waals surface area contributed by atoms with Gasteiger partial charge in [0.2, 0.25) is 0 Å². The Hall–Kier alpha value is -1.32. The van der Waals surface area contributed by atoms with E-state index < -0.39 is 0 Å². The maximum atomic E-state index is 11.9. The summed E-state index contributed by atoms with van der Waals surface area (Å²) in [7, 11) is 0. The molecular weight excluding hydrogens is 514 g/mol. The second-order valence-electron chi connectivity index (χ2n) is 5.52. The fourth-order valence-electron chi connectivity index (χ4n) is 1.79. The molecule has 0 bridgehead atoms. The summed E-state index contributed by atoms with van der Waals surface area (Å²) in [6.07, 6.45) is 0. The van der Waals surface area contributed by atoms with E-state index >= 15 is 0 Å². The van der Waals surface area contributed by atoms with Gasteiger partial charge in [0.15, 0.2) is 0 Å². The minimum absolute atomic E-state index is 0. The third-order valence-electron chi connectivity index (χ3n) is 3.14. The molecule has 0 amide bonds. The molecule has 0 atom stereocenters. The molecule has 1 radical (unpaired) electrons. The second-order valence-corrected chi connectivity index (χ2v) is 5.52. The predicted molar refractivity (Wildman–Crippen MR) is 98.1 cm³/mol. The Morgan fingerprint density at radius 1 is 0.625 bits per heavy atom. The van der Waals surface area contributed by atoms with Crippen molar-refractivity contribution >= 4 is 0 Å². The van der Waals surface area contributed by atoms with Crippen LogP contribution in [0, 0.1) is 45.0 Å². The Bertz CT molecular complexity index is 584. The van der Waals surface area contributed by atoms with Gasteiger partial charge in [0.1, 0.15) is 5.82 Å². The second kappa shape index (κ2) is 14.1. The smallest absolute Gasteiger partial charge is 0.123 e. The van der Waals surface area contributed by atoms with Crippen LogP contribution in [0.15, 0.2) is 91.0 Å². The number of rotatable bonds is 1. The maximum Gasteiger partial charge on any atom is 0.123 e. The van der Waals surface area contributed by atoms with Crippen LogP contribution in [0.5, 0.6) is 0 Å². The molecule has 0 aliphatic carbocycles. The molecule has 0 N–H and O–H groups in total. The summed E-state index contributed by atoms with van der Waals surface area (Å²) < 4.78 is 11.9. The van der Waals surface area contributed by atoms with Gasteiger partial charge in [-0.3, -0.25) is 0 Å². The van der Waals surface area contributed by atoms with Crippen molar-refractivity contribution in [1.82, 2.24) is 0 Å². The van der Waals surface area contributed by atoms with E-state index in [0.717, 1.165) is 0 Å². The van der Waals surface area contributed by atoms with Gasteiger partial charge in [0.05, 0.1) is 0 Å². The molecule has 0 aliphatic heterocycles. The zero-order valence-electron chi connectivity index (χ0n) is 14.7. The van der Waals surface area contributed by atoms with Crippen LogP contribution in [0.2, 0.25) is 0 Å². The third-order valence-corrected chi connectivity index (χ3v) is 3.14. The largest absolute Gasteiger partial charge is 0.207 e. The molecule has 0 saturated heterocycles.